The van der Waals surface area contributed by atoms with Gasteiger partial charge < -0.3 is 43.2 Å². The third kappa shape index (κ3) is 9.58. The third-order valence-corrected chi connectivity index (χ3v) is 13.5. The van der Waals surface area contributed by atoms with E-state index in [1.807, 2.05) is 38.1 Å². The number of nitrogens with zero attached hydrogens (tertiary/aromatic N) is 7. The summed E-state index contributed by atoms with van der Waals surface area (Å²) in [6.45, 7) is 8.18. The average Bonchev–Trinajstić information content (AvgIpc) is 3.64. The summed E-state index contributed by atoms with van der Waals surface area (Å²) in [5.74, 6) is 0.306. The summed E-state index contributed by atoms with van der Waals surface area (Å²) in [6, 6.07) is 20.2. The first-order chi connectivity index (χ1) is 32.9. The number of likely N-dealkylation sites (N-methyl/N-ethyl adjacent to an activating group) is 1. The van der Waals surface area contributed by atoms with Crippen LogP contribution in [-0.2, 0) is 17.8 Å². The molecule has 0 radical (unpaired) electrons. The summed E-state index contributed by atoms with van der Waals surface area (Å²) in [6.07, 6.45) is 1.18. The van der Waals surface area contributed by atoms with Crippen molar-refractivity contribution in [2.75, 3.05) is 53.5 Å². The number of methoxy groups -OCH3 is 1. The minimum atomic E-state index is -1.54. The number of halogens is 4. The maximum atomic E-state index is 14.4. The van der Waals surface area contributed by atoms with E-state index in [2.05, 4.69) is 31.8 Å². The molecule has 6 heterocycles. The van der Waals surface area contributed by atoms with Gasteiger partial charge in [-0.3, -0.25) is 0 Å². The highest BCUT2D eigenvalue weighted by Gasteiger charge is 2.32. The van der Waals surface area contributed by atoms with Gasteiger partial charge in [0, 0.05) is 62.9 Å². The standard InChI is InChI=1S/C50H47Cl3FN7O7/c1-28-40(51)47-41(52)29(2)44(28)61-45(30-9-11-32(54)12-10-30)42(53)43-46(61)49(57-27-56-43)68-39(50(62)63)24-31-23-34(65-26-35(67-47)16-18-60-21-19-59(3)20-22-60)13-14-37(31)66-25-33-15-17-55-48(58-33)36-7-5-6-8-38(36)64-4/h5-15,17,23,27,35,39H,16,18-22,24-26H2,1-4H3,(H,62,63)/t35-,39-/m1/s1. The van der Waals surface area contributed by atoms with Crippen molar-refractivity contribution in [3.63, 3.8) is 0 Å². The number of ether oxygens (including phenoxy) is 5. The SMILES string of the molecule is COc1ccccc1-c1nccc(COc2ccc3cc2C[C@H](C(=O)O)Oc2ncnc4c(Cl)c(-c5ccc(F)cc5)n(c24)-c2c(C)c(Cl)c(c(Cl)c2C)O[C@H](CCN2CCN(C)CC2)CO3)n1. The number of piperazine rings is 1. The zero-order chi connectivity index (χ0) is 47.6. The Morgan fingerprint density at radius 2 is 1.65 bits per heavy atom. The largest absolute Gasteiger partial charge is 0.496 e. The second kappa shape index (κ2) is 20.2. The number of para-hydroxylation sites is 1. The van der Waals surface area contributed by atoms with Crippen LogP contribution in [0.1, 0.15) is 28.8 Å². The molecule has 3 aliphatic heterocycles. The fourth-order valence-corrected chi connectivity index (χ4v) is 9.40. The molecule has 2 atom stereocenters. The first-order valence-electron chi connectivity index (χ1n) is 22.0. The Morgan fingerprint density at radius 1 is 0.897 bits per heavy atom. The Balaban J connectivity index is 1.17. The van der Waals surface area contributed by atoms with Crippen molar-refractivity contribution in [2.45, 2.75) is 45.5 Å². The summed E-state index contributed by atoms with van der Waals surface area (Å²) in [5.41, 5.74) is 4.73. The van der Waals surface area contributed by atoms with E-state index >= 15 is 0 Å². The molecule has 0 amide bonds. The lowest BCUT2D eigenvalue weighted by molar-refractivity contribution is -0.145. The highest BCUT2D eigenvalue weighted by atomic mass is 35.5. The topological polar surface area (TPSA) is 146 Å². The van der Waals surface area contributed by atoms with Gasteiger partial charge >= 0.3 is 5.97 Å². The maximum absolute atomic E-state index is 14.4. The fourth-order valence-electron chi connectivity index (χ4n) is 8.56. The van der Waals surface area contributed by atoms with Crippen LogP contribution < -0.4 is 23.7 Å². The number of carboxylic acids is 1. The van der Waals surface area contributed by atoms with Gasteiger partial charge in [0.05, 0.1) is 44.8 Å². The second-order valence-electron chi connectivity index (χ2n) is 16.7. The molecule has 0 unspecified atom stereocenters. The number of fused-ring (bicyclic) bond motifs is 7. The maximum Gasteiger partial charge on any atom is 0.345 e. The van der Waals surface area contributed by atoms with Crippen molar-refractivity contribution >= 4 is 51.8 Å². The fraction of sp³-hybridized carbons (Fsp3) is 0.300. The summed E-state index contributed by atoms with van der Waals surface area (Å²) < 4.78 is 47.9. The van der Waals surface area contributed by atoms with Crippen LogP contribution in [0.3, 0.4) is 0 Å². The minimum absolute atomic E-state index is 0.0147. The molecular formula is C50H47Cl3FN7O7. The van der Waals surface area contributed by atoms with E-state index in [9.17, 15) is 14.3 Å². The highest BCUT2D eigenvalue weighted by Crippen LogP contribution is 2.48. The number of hydrogen-bond donors (Lipinski definition) is 1. The van der Waals surface area contributed by atoms with Gasteiger partial charge in [0.2, 0.25) is 12.0 Å². The molecule has 68 heavy (non-hydrogen) atoms. The van der Waals surface area contributed by atoms with Crippen LogP contribution in [0.25, 0.3) is 39.4 Å². The molecule has 10 rings (SSSR count). The molecule has 7 aromatic rings. The van der Waals surface area contributed by atoms with E-state index in [-0.39, 0.29) is 57.4 Å². The van der Waals surface area contributed by atoms with Crippen LogP contribution in [0.4, 0.5) is 4.39 Å². The predicted molar refractivity (Wildman–Crippen MR) is 258 cm³/mol. The number of aliphatic carboxylic acids is 1. The number of carboxylic acid groups (broad SMARTS) is 1. The molecule has 1 fully saturated rings. The summed E-state index contributed by atoms with van der Waals surface area (Å²) in [4.78, 5) is 36.3. The van der Waals surface area contributed by atoms with Gasteiger partial charge in [0.1, 0.15) is 59.7 Å². The Morgan fingerprint density at radius 3 is 2.38 bits per heavy atom. The lowest BCUT2D eigenvalue weighted by Crippen LogP contribution is -2.45. The number of benzene rings is 4. The van der Waals surface area contributed by atoms with Crippen LogP contribution in [0, 0.1) is 19.7 Å². The van der Waals surface area contributed by atoms with Gasteiger partial charge in [-0.1, -0.05) is 46.9 Å². The van der Waals surface area contributed by atoms with Crippen molar-refractivity contribution in [2.24, 2.45) is 0 Å². The molecule has 4 aromatic carbocycles. The number of carbonyl (C=O) groups is 1. The molecule has 4 bridgehead atoms. The van der Waals surface area contributed by atoms with Crippen molar-refractivity contribution in [3.8, 4) is 57.2 Å². The van der Waals surface area contributed by atoms with Crippen LogP contribution >= 0.6 is 34.8 Å². The number of rotatable bonds is 10. The molecule has 0 aliphatic carbocycles. The van der Waals surface area contributed by atoms with Gasteiger partial charge in [-0.2, -0.15) is 4.98 Å². The van der Waals surface area contributed by atoms with Crippen molar-refractivity contribution in [1.82, 2.24) is 34.3 Å². The molecule has 0 saturated carbocycles. The zero-order valence-electron chi connectivity index (χ0n) is 37.6. The van der Waals surface area contributed by atoms with Gasteiger partial charge in [0.15, 0.2) is 11.6 Å². The predicted octanol–water partition coefficient (Wildman–Crippen LogP) is 9.70. The molecule has 1 saturated heterocycles. The second-order valence-corrected chi connectivity index (χ2v) is 17.8. The Hall–Kier alpha value is -6.23. The van der Waals surface area contributed by atoms with E-state index in [4.69, 9.17) is 63.5 Å². The first kappa shape index (κ1) is 46.9. The Labute approximate surface area is 407 Å². The third-order valence-electron chi connectivity index (χ3n) is 12.2. The molecule has 352 valence electrons. The molecule has 3 aromatic heterocycles. The summed E-state index contributed by atoms with van der Waals surface area (Å²) in [7, 11) is 3.70. The van der Waals surface area contributed by atoms with E-state index in [0.717, 1.165) is 32.7 Å². The number of hydrogen-bond acceptors (Lipinski definition) is 12. The Kier molecular flexibility index (Phi) is 13.9. The monoisotopic (exact) mass is 981 g/mol. The lowest BCUT2D eigenvalue weighted by atomic mass is 10.1. The van der Waals surface area contributed by atoms with E-state index < -0.39 is 24.0 Å². The minimum Gasteiger partial charge on any atom is -0.496 e. The molecule has 3 aliphatic rings. The van der Waals surface area contributed by atoms with Crippen molar-refractivity contribution in [1.29, 1.82) is 0 Å². The van der Waals surface area contributed by atoms with Crippen LogP contribution in [0.2, 0.25) is 15.1 Å². The van der Waals surface area contributed by atoms with Crippen LogP contribution in [-0.4, -0.2) is 111 Å². The van der Waals surface area contributed by atoms with E-state index in [1.54, 1.807) is 54.3 Å². The molecule has 1 N–H and O–H groups in total. The first-order valence-corrected chi connectivity index (χ1v) is 23.1. The van der Waals surface area contributed by atoms with E-state index in [1.165, 1.54) is 18.5 Å². The molecular weight excluding hydrogens is 936 g/mol. The molecule has 18 heteroatoms. The zero-order valence-corrected chi connectivity index (χ0v) is 39.9. The number of aromatic nitrogens is 5. The summed E-state index contributed by atoms with van der Waals surface area (Å²) in [5, 5.41) is 11.5. The van der Waals surface area contributed by atoms with E-state index in [0.29, 0.717) is 74.4 Å². The summed E-state index contributed by atoms with van der Waals surface area (Å²) >= 11 is 21.9. The smallest absolute Gasteiger partial charge is 0.345 e. The van der Waals surface area contributed by atoms with Gasteiger partial charge in [-0.05, 0) is 92.7 Å². The van der Waals surface area contributed by atoms with Gasteiger partial charge in [0.25, 0.3) is 0 Å². The van der Waals surface area contributed by atoms with Gasteiger partial charge in [-0.15, -0.1) is 0 Å². The van der Waals surface area contributed by atoms with Crippen molar-refractivity contribution < 1.29 is 38.0 Å². The van der Waals surface area contributed by atoms with Gasteiger partial charge in [-0.25, -0.2) is 24.1 Å². The highest BCUT2D eigenvalue weighted by molar-refractivity contribution is 6.39. The average molecular weight is 983 g/mol. The molecule has 0 spiro atoms. The van der Waals surface area contributed by atoms with Crippen LogP contribution in [0.5, 0.6) is 28.9 Å². The van der Waals surface area contributed by atoms with Crippen molar-refractivity contribution in [3.05, 3.63) is 129 Å². The Bertz CT molecular complexity index is 2980. The molecule has 14 nitrogen and oxygen atoms in total. The normalized spacial score (nSPS) is 16.7. The quantitative estimate of drug-likeness (QED) is 0.139. The lowest BCUT2D eigenvalue weighted by Gasteiger charge is -2.33. The van der Waals surface area contributed by atoms with Crippen LogP contribution in [0.15, 0.2) is 85.3 Å².